The van der Waals surface area contributed by atoms with E-state index in [-0.39, 0.29) is 12.2 Å². The molecule has 7 nitrogen and oxygen atoms in total. The summed E-state index contributed by atoms with van der Waals surface area (Å²) in [6.07, 6.45) is -4.43. The number of hydrogen-bond acceptors (Lipinski definition) is 5. The molecule has 4 rings (SSSR count). The van der Waals surface area contributed by atoms with Crippen molar-refractivity contribution in [2.24, 2.45) is 5.73 Å². The maximum Gasteiger partial charge on any atom is 0.423 e. The predicted molar refractivity (Wildman–Crippen MR) is 120 cm³/mol. The summed E-state index contributed by atoms with van der Waals surface area (Å²) in [5.41, 5.74) is 4.43. The van der Waals surface area contributed by atoms with Crippen LogP contribution < -0.4 is 5.73 Å². The van der Waals surface area contributed by atoms with E-state index in [9.17, 15) is 23.1 Å². The highest BCUT2D eigenvalue weighted by Crippen LogP contribution is 2.40. The number of nitrogens with zero attached hydrogens (tertiary/aromatic N) is 4. The number of fused-ring (bicyclic) bond motifs is 1. The fourth-order valence-electron chi connectivity index (χ4n) is 3.67. The number of carbonyl (C=O) groups is 1. The minimum atomic E-state index is -4.89. The largest absolute Gasteiger partial charge is 0.423 e. The molecule has 0 radical (unpaired) electrons. The molecule has 0 aliphatic heterocycles. The number of halogens is 4. The molecule has 0 bridgehead atoms. The highest BCUT2D eigenvalue weighted by atomic mass is 35.5. The molecule has 4 aromatic rings. The Morgan fingerprint density at radius 1 is 1.18 bits per heavy atom. The first-order chi connectivity index (χ1) is 16.0. The summed E-state index contributed by atoms with van der Waals surface area (Å²) >= 11 is 6.13. The van der Waals surface area contributed by atoms with Crippen LogP contribution in [0.2, 0.25) is 5.02 Å². The van der Waals surface area contributed by atoms with Gasteiger partial charge in [-0.2, -0.15) is 13.2 Å². The van der Waals surface area contributed by atoms with Gasteiger partial charge < -0.3 is 10.8 Å². The van der Waals surface area contributed by atoms with Gasteiger partial charge >= 0.3 is 6.18 Å². The Hall–Kier alpha value is -3.50. The highest BCUT2D eigenvalue weighted by Gasteiger charge is 2.55. The topological polar surface area (TPSA) is 107 Å². The monoisotopic (exact) mass is 489 g/mol. The molecular weight excluding hydrogens is 471 g/mol. The zero-order chi connectivity index (χ0) is 24.7. The van der Waals surface area contributed by atoms with E-state index < -0.39 is 29.8 Å². The average Bonchev–Trinajstić information content (AvgIpc) is 3.25. The molecule has 176 valence electrons. The number of benzene rings is 2. The van der Waals surface area contributed by atoms with E-state index in [2.05, 4.69) is 15.3 Å². The van der Waals surface area contributed by atoms with Gasteiger partial charge in [-0.05, 0) is 47.4 Å². The van der Waals surface area contributed by atoms with Gasteiger partial charge in [0.25, 0.3) is 5.91 Å². The summed E-state index contributed by atoms with van der Waals surface area (Å²) in [5, 5.41) is 18.6. The van der Waals surface area contributed by atoms with Crippen molar-refractivity contribution in [2.75, 3.05) is 0 Å². The molecule has 2 aromatic carbocycles. The van der Waals surface area contributed by atoms with Crippen LogP contribution in [0.25, 0.3) is 22.0 Å². The minimum Gasteiger partial charge on any atom is -0.375 e. The van der Waals surface area contributed by atoms with Crippen molar-refractivity contribution in [2.45, 2.75) is 31.7 Å². The van der Waals surface area contributed by atoms with Crippen LogP contribution in [0.3, 0.4) is 0 Å². The number of aliphatic hydroxyl groups is 1. The summed E-state index contributed by atoms with van der Waals surface area (Å²) in [5.74, 6) is -0.706. The first kappa shape index (κ1) is 23.7. The van der Waals surface area contributed by atoms with Crippen molar-refractivity contribution in [3.05, 3.63) is 76.7 Å². The SMILES string of the molecule is CCC(O)(c1cn(Cc2ccc3c(-c4cccc(Cl)c4)cc(C(N)=O)nc3c2)nn1)C(F)(F)F. The van der Waals surface area contributed by atoms with Gasteiger partial charge in [-0.1, -0.05) is 48.0 Å². The molecule has 0 spiro atoms. The molecule has 1 atom stereocenters. The molecule has 1 amide bonds. The summed E-state index contributed by atoms with van der Waals surface area (Å²) in [7, 11) is 0. The number of rotatable bonds is 6. The molecule has 0 saturated heterocycles. The second kappa shape index (κ2) is 8.69. The Bertz CT molecular complexity index is 1390. The van der Waals surface area contributed by atoms with Crippen LogP contribution in [-0.4, -0.2) is 37.2 Å². The van der Waals surface area contributed by atoms with Gasteiger partial charge in [-0.15, -0.1) is 5.10 Å². The highest BCUT2D eigenvalue weighted by molar-refractivity contribution is 6.30. The number of alkyl halides is 3. The Balaban J connectivity index is 1.74. The summed E-state index contributed by atoms with van der Waals surface area (Å²) in [4.78, 5) is 16.2. The average molecular weight is 490 g/mol. The molecule has 11 heteroatoms. The lowest BCUT2D eigenvalue weighted by Crippen LogP contribution is -2.42. The van der Waals surface area contributed by atoms with Crippen LogP contribution in [0, 0.1) is 0 Å². The van der Waals surface area contributed by atoms with E-state index in [0.717, 1.165) is 17.1 Å². The van der Waals surface area contributed by atoms with Crippen LogP contribution >= 0.6 is 11.6 Å². The first-order valence-corrected chi connectivity index (χ1v) is 10.6. The second-order valence-corrected chi connectivity index (χ2v) is 8.23. The molecule has 0 aliphatic carbocycles. The third-order valence-electron chi connectivity index (χ3n) is 5.55. The molecule has 2 aromatic heterocycles. The number of carbonyl (C=O) groups excluding carboxylic acids is 1. The van der Waals surface area contributed by atoms with E-state index >= 15 is 0 Å². The molecule has 0 saturated carbocycles. The molecule has 0 fully saturated rings. The summed E-state index contributed by atoms with van der Waals surface area (Å²) in [6.45, 7) is 1.28. The van der Waals surface area contributed by atoms with Crippen molar-refractivity contribution < 1.29 is 23.1 Å². The number of hydrogen-bond donors (Lipinski definition) is 2. The Kier molecular flexibility index (Phi) is 6.05. The smallest absolute Gasteiger partial charge is 0.375 e. The number of pyridine rings is 1. The Labute approximate surface area is 197 Å². The molecular formula is C23H19ClF3N5O2. The van der Waals surface area contributed by atoms with Crippen LogP contribution in [0.4, 0.5) is 13.2 Å². The van der Waals surface area contributed by atoms with E-state index in [4.69, 9.17) is 17.3 Å². The lowest BCUT2D eigenvalue weighted by molar-refractivity contribution is -0.269. The summed E-state index contributed by atoms with van der Waals surface area (Å²) < 4.78 is 41.2. The van der Waals surface area contributed by atoms with E-state index in [1.807, 2.05) is 6.07 Å². The quantitative estimate of drug-likeness (QED) is 0.416. The summed E-state index contributed by atoms with van der Waals surface area (Å²) in [6, 6.07) is 13.9. The van der Waals surface area contributed by atoms with Crippen LogP contribution in [0.1, 0.15) is 35.1 Å². The van der Waals surface area contributed by atoms with Crippen molar-refractivity contribution in [3.8, 4) is 11.1 Å². The molecule has 3 N–H and O–H groups in total. The fraction of sp³-hybridized carbons (Fsp3) is 0.217. The number of amides is 1. The number of aromatic nitrogens is 4. The third kappa shape index (κ3) is 4.34. The zero-order valence-corrected chi connectivity index (χ0v) is 18.6. The molecule has 1 unspecified atom stereocenters. The Morgan fingerprint density at radius 2 is 1.94 bits per heavy atom. The maximum absolute atomic E-state index is 13.3. The van der Waals surface area contributed by atoms with E-state index in [1.54, 1.807) is 42.5 Å². The number of primary amides is 1. The van der Waals surface area contributed by atoms with Gasteiger partial charge in [0.2, 0.25) is 5.60 Å². The van der Waals surface area contributed by atoms with Crippen LogP contribution in [0.15, 0.2) is 54.7 Å². The predicted octanol–water partition coefficient (Wildman–Crippen LogP) is 4.45. The zero-order valence-electron chi connectivity index (χ0n) is 17.8. The van der Waals surface area contributed by atoms with Crippen molar-refractivity contribution in [1.82, 2.24) is 20.0 Å². The van der Waals surface area contributed by atoms with E-state index in [1.165, 1.54) is 11.6 Å². The van der Waals surface area contributed by atoms with Crippen LogP contribution in [0.5, 0.6) is 0 Å². The lowest BCUT2D eigenvalue weighted by atomic mass is 9.96. The van der Waals surface area contributed by atoms with Gasteiger partial charge in [0, 0.05) is 10.4 Å². The molecule has 34 heavy (non-hydrogen) atoms. The Morgan fingerprint density at radius 3 is 2.59 bits per heavy atom. The standard InChI is InChI=1S/C23H19ClF3N5O2/c1-2-22(34,23(25,26)27)20-12-32(31-30-20)11-13-6-7-16-17(14-4-3-5-15(24)9-14)10-19(21(28)33)29-18(16)8-13/h3-10,12,34H,2,11H2,1H3,(H2,28,33). The second-order valence-electron chi connectivity index (χ2n) is 7.79. The van der Waals surface area contributed by atoms with Gasteiger partial charge in [0.05, 0.1) is 18.3 Å². The van der Waals surface area contributed by atoms with Crippen molar-refractivity contribution >= 4 is 28.4 Å². The third-order valence-corrected chi connectivity index (χ3v) is 5.79. The van der Waals surface area contributed by atoms with Crippen molar-refractivity contribution in [1.29, 1.82) is 0 Å². The van der Waals surface area contributed by atoms with Crippen molar-refractivity contribution in [3.63, 3.8) is 0 Å². The maximum atomic E-state index is 13.3. The molecule has 0 aliphatic rings. The van der Waals surface area contributed by atoms with Gasteiger partial charge in [-0.3, -0.25) is 4.79 Å². The van der Waals surface area contributed by atoms with Gasteiger partial charge in [0.15, 0.2) is 0 Å². The molecule has 2 heterocycles. The minimum absolute atomic E-state index is 0.0563. The van der Waals surface area contributed by atoms with Crippen LogP contribution in [-0.2, 0) is 12.1 Å². The lowest BCUT2D eigenvalue weighted by Gasteiger charge is -2.26. The van der Waals surface area contributed by atoms with Gasteiger partial charge in [-0.25, -0.2) is 9.67 Å². The first-order valence-electron chi connectivity index (χ1n) is 10.2. The normalized spacial score (nSPS) is 13.7. The fourth-order valence-corrected chi connectivity index (χ4v) is 3.86. The number of nitrogens with two attached hydrogens (primary N) is 1. The van der Waals surface area contributed by atoms with E-state index in [0.29, 0.717) is 21.7 Å². The van der Waals surface area contributed by atoms with Gasteiger partial charge in [0.1, 0.15) is 11.4 Å².